The fourth-order valence-corrected chi connectivity index (χ4v) is 2.46. The van der Waals surface area contributed by atoms with E-state index in [1.807, 2.05) is 0 Å². The molecule has 5 heteroatoms. The summed E-state index contributed by atoms with van der Waals surface area (Å²) in [4.78, 5) is 9.26. The van der Waals surface area contributed by atoms with Gasteiger partial charge >= 0.3 is 0 Å². The normalized spacial score (nSPS) is 12.8. The molecule has 0 unspecified atom stereocenters. The minimum atomic E-state index is 0.110. The quantitative estimate of drug-likeness (QED) is 0.648. The van der Waals surface area contributed by atoms with Gasteiger partial charge in [-0.1, -0.05) is 34.6 Å². The number of nitrogens with one attached hydrogen (secondary N) is 2. The van der Waals surface area contributed by atoms with E-state index in [2.05, 4.69) is 67.5 Å². The van der Waals surface area contributed by atoms with Crippen LogP contribution in [0.15, 0.2) is 10.4 Å². The maximum atomic E-state index is 4.66. The molecule has 0 aliphatic heterocycles. The van der Waals surface area contributed by atoms with E-state index >= 15 is 0 Å². The predicted molar refractivity (Wildman–Crippen MR) is 88.5 cm³/mol. The SMILES string of the molecule is CCNC(=NCc1nc(C(C)(C)C)cs1)NCC(C)C. The van der Waals surface area contributed by atoms with Crippen LogP contribution in [0.5, 0.6) is 0 Å². The lowest BCUT2D eigenvalue weighted by Gasteiger charge is -2.14. The monoisotopic (exact) mass is 296 g/mol. The molecule has 114 valence electrons. The molecule has 0 aliphatic rings. The Balaban J connectivity index is 2.64. The Morgan fingerprint density at radius 1 is 1.35 bits per heavy atom. The summed E-state index contributed by atoms with van der Waals surface area (Å²) in [6.07, 6.45) is 0. The Bertz CT molecular complexity index is 429. The molecule has 1 aromatic heterocycles. The van der Waals surface area contributed by atoms with Gasteiger partial charge in [-0.15, -0.1) is 11.3 Å². The van der Waals surface area contributed by atoms with Crippen LogP contribution < -0.4 is 10.6 Å². The molecule has 1 rings (SSSR count). The van der Waals surface area contributed by atoms with E-state index in [0.717, 1.165) is 29.8 Å². The van der Waals surface area contributed by atoms with Gasteiger partial charge in [-0.05, 0) is 12.8 Å². The average Bonchev–Trinajstić information content (AvgIpc) is 2.81. The van der Waals surface area contributed by atoms with Crippen molar-refractivity contribution in [2.45, 2.75) is 53.5 Å². The van der Waals surface area contributed by atoms with Crippen molar-refractivity contribution in [3.8, 4) is 0 Å². The van der Waals surface area contributed by atoms with Crippen LogP contribution in [0.2, 0.25) is 0 Å². The number of aliphatic imine (C=N–C) groups is 1. The first kappa shape index (κ1) is 17.0. The molecule has 0 saturated carbocycles. The molecular weight excluding hydrogens is 268 g/mol. The molecular formula is C15H28N4S. The molecule has 0 aliphatic carbocycles. The van der Waals surface area contributed by atoms with Crippen LogP contribution in [0.1, 0.15) is 52.2 Å². The summed E-state index contributed by atoms with van der Waals surface area (Å²) in [5, 5.41) is 9.81. The maximum Gasteiger partial charge on any atom is 0.191 e. The van der Waals surface area contributed by atoms with E-state index in [0.29, 0.717) is 12.5 Å². The van der Waals surface area contributed by atoms with Gasteiger partial charge in [0.05, 0.1) is 12.2 Å². The van der Waals surface area contributed by atoms with Gasteiger partial charge in [0.2, 0.25) is 0 Å². The summed E-state index contributed by atoms with van der Waals surface area (Å²) >= 11 is 1.69. The second kappa shape index (κ2) is 7.62. The Labute approximate surface area is 127 Å². The minimum absolute atomic E-state index is 0.110. The van der Waals surface area contributed by atoms with Gasteiger partial charge in [0.15, 0.2) is 5.96 Å². The Morgan fingerprint density at radius 2 is 2.05 bits per heavy atom. The predicted octanol–water partition coefficient (Wildman–Crippen LogP) is 3.15. The van der Waals surface area contributed by atoms with Crippen molar-refractivity contribution in [3.05, 3.63) is 16.1 Å². The second-order valence-electron chi connectivity index (χ2n) is 6.35. The van der Waals surface area contributed by atoms with Crippen molar-refractivity contribution in [3.63, 3.8) is 0 Å². The second-order valence-corrected chi connectivity index (χ2v) is 7.29. The third kappa shape index (κ3) is 5.90. The molecule has 0 bridgehead atoms. The van der Waals surface area contributed by atoms with Crippen LogP contribution in [0.3, 0.4) is 0 Å². The molecule has 0 amide bonds. The zero-order chi connectivity index (χ0) is 15.2. The maximum absolute atomic E-state index is 4.66. The molecule has 0 atom stereocenters. The molecule has 0 fully saturated rings. The number of guanidine groups is 1. The summed E-state index contributed by atoms with van der Waals surface area (Å²) in [6, 6.07) is 0. The van der Waals surface area contributed by atoms with Crippen molar-refractivity contribution in [1.82, 2.24) is 15.6 Å². The Kier molecular flexibility index (Phi) is 6.46. The lowest BCUT2D eigenvalue weighted by molar-refractivity contribution is 0.571. The smallest absolute Gasteiger partial charge is 0.191 e. The average molecular weight is 296 g/mol. The number of thiazole rings is 1. The zero-order valence-electron chi connectivity index (χ0n) is 13.6. The van der Waals surface area contributed by atoms with Crippen LogP contribution in [0.25, 0.3) is 0 Å². The van der Waals surface area contributed by atoms with Gasteiger partial charge < -0.3 is 10.6 Å². The van der Waals surface area contributed by atoms with E-state index in [9.17, 15) is 0 Å². The van der Waals surface area contributed by atoms with E-state index < -0.39 is 0 Å². The van der Waals surface area contributed by atoms with Gasteiger partial charge in [0.1, 0.15) is 5.01 Å². The van der Waals surface area contributed by atoms with Crippen LogP contribution >= 0.6 is 11.3 Å². The standard InChI is InChI=1S/C15H28N4S/c1-7-16-14(17-8-11(2)3)18-9-13-19-12(10-20-13)15(4,5)6/h10-11H,7-9H2,1-6H3,(H2,16,17,18). The number of hydrogen-bond acceptors (Lipinski definition) is 3. The first-order chi connectivity index (χ1) is 9.32. The molecule has 20 heavy (non-hydrogen) atoms. The van der Waals surface area contributed by atoms with E-state index in [1.165, 1.54) is 0 Å². The van der Waals surface area contributed by atoms with Crippen molar-refractivity contribution in [1.29, 1.82) is 0 Å². The van der Waals surface area contributed by atoms with Gasteiger partial charge in [-0.3, -0.25) is 0 Å². The van der Waals surface area contributed by atoms with Gasteiger partial charge in [0.25, 0.3) is 0 Å². The Morgan fingerprint density at radius 3 is 2.55 bits per heavy atom. The number of rotatable bonds is 5. The molecule has 0 radical (unpaired) electrons. The highest BCUT2D eigenvalue weighted by atomic mass is 32.1. The summed E-state index contributed by atoms with van der Waals surface area (Å²) in [6.45, 7) is 15.4. The van der Waals surface area contributed by atoms with E-state index in [4.69, 9.17) is 0 Å². The third-order valence-corrected chi connectivity index (χ3v) is 3.55. The molecule has 4 nitrogen and oxygen atoms in total. The fraction of sp³-hybridized carbons (Fsp3) is 0.733. The van der Waals surface area contributed by atoms with Crippen LogP contribution in [0, 0.1) is 5.92 Å². The highest BCUT2D eigenvalue weighted by molar-refractivity contribution is 7.09. The van der Waals surface area contributed by atoms with Crippen molar-refractivity contribution < 1.29 is 0 Å². The van der Waals surface area contributed by atoms with Gasteiger partial charge in [-0.2, -0.15) is 0 Å². The summed E-state index contributed by atoms with van der Waals surface area (Å²) in [5.41, 5.74) is 1.26. The first-order valence-electron chi connectivity index (χ1n) is 7.30. The highest BCUT2D eigenvalue weighted by Gasteiger charge is 2.17. The zero-order valence-corrected chi connectivity index (χ0v) is 14.4. The summed E-state index contributed by atoms with van der Waals surface area (Å²) in [7, 11) is 0. The number of hydrogen-bond donors (Lipinski definition) is 2. The summed E-state index contributed by atoms with van der Waals surface area (Å²) < 4.78 is 0. The van der Waals surface area contributed by atoms with Crippen LogP contribution in [-0.2, 0) is 12.0 Å². The van der Waals surface area contributed by atoms with Crippen molar-refractivity contribution in [2.75, 3.05) is 13.1 Å². The molecule has 1 heterocycles. The van der Waals surface area contributed by atoms with E-state index in [-0.39, 0.29) is 5.41 Å². The molecule has 2 N–H and O–H groups in total. The Hall–Kier alpha value is -1.10. The molecule has 0 spiro atoms. The summed E-state index contributed by atoms with van der Waals surface area (Å²) in [5.74, 6) is 1.47. The van der Waals surface area contributed by atoms with Crippen LogP contribution in [-0.4, -0.2) is 24.0 Å². The lowest BCUT2D eigenvalue weighted by atomic mass is 9.93. The number of nitrogens with zero attached hydrogens (tertiary/aromatic N) is 2. The molecule has 0 saturated heterocycles. The fourth-order valence-electron chi connectivity index (χ4n) is 1.52. The van der Waals surface area contributed by atoms with E-state index in [1.54, 1.807) is 11.3 Å². The highest BCUT2D eigenvalue weighted by Crippen LogP contribution is 2.24. The molecule has 1 aromatic rings. The molecule has 0 aromatic carbocycles. The lowest BCUT2D eigenvalue weighted by Crippen LogP contribution is -2.39. The van der Waals surface area contributed by atoms with Crippen molar-refractivity contribution >= 4 is 17.3 Å². The largest absolute Gasteiger partial charge is 0.357 e. The van der Waals surface area contributed by atoms with Gasteiger partial charge in [0, 0.05) is 23.9 Å². The number of aromatic nitrogens is 1. The van der Waals surface area contributed by atoms with Crippen LogP contribution in [0.4, 0.5) is 0 Å². The third-order valence-electron chi connectivity index (χ3n) is 2.71. The topological polar surface area (TPSA) is 49.3 Å². The van der Waals surface area contributed by atoms with Gasteiger partial charge in [-0.25, -0.2) is 9.98 Å². The van der Waals surface area contributed by atoms with Crippen molar-refractivity contribution in [2.24, 2.45) is 10.9 Å². The minimum Gasteiger partial charge on any atom is -0.357 e. The first-order valence-corrected chi connectivity index (χ1v) is 8.18.